The number of aryl methyl sites for hydroxylation is 1. The van der Waals surface area contributed by atoms with E-state index in [-0.39, 0.29) is 23.3 Å². The summed E-state index contributed by atoms with van der Waals surface area (Å²) in [6.07, 6.45) is 0.310. The van der Waals surface area contributed by atoms with Gasteiger partial charge in [-0.1, -0.05) is 12.1 Å². The zero-order valence-corrected chi connectivity index (χ0v) is 15.6. The van der Waals surface area contributed by atoms with Gasteiger partial charge in [-0.2, -0.15) is 0 Å². The maximum Gasteiger partial charge on any atom is 0.320 e. The number of anilines is 1. The molecule has 6 heteroatoms. The molecule has 1 amide bonds. The molecule has 0 fully saturated rings. The lowest BCUT2D eigenvalue weighted by molar-refractivity contribution is 0.101. The monoisotopic (exact) mass is 381 g/mol. The van der Waals surface area contributed by atoms with Gasteiger partial charge in [0, 0.05) is 17.7 Å². The lowest BCUT2D eigenvalue weighted by atomic mass is 9.99. The van der Waals surface area contributed by atoms with Crippen molar-refractivity contribution >= 4 is 39.4 Å². The van der Waals surface area contributed by atoms with Crippen LogP contribution in [0.15, 0.2) is 45.6 Å². The molecule has 5 nitrogen and oxygen atoms in total. The highest BCUT2D eigenvalue weighted by molar-refractivity contribution is 6.66. The number of ketones is 1. The van der Waals surface area contributed by atoms with E-state index in [9.17, 15) is 14.4 Å². The lowest BCUT2D eigenvalue weighted by Crippen LogP contribution is -2.28. The molecular weight excluding hydrogens is 366 g/mol. The van der Waals surface area contributed by atoms with E-state index in [0.29, 0.717) is 39.9 Å². The van der Waals surface area contributed by atoms with Gasteiger partial charge < -0.3 is 4.42 Å². The molecule has 0 saturated heterocycles. The average Bonchev–Trinajstić information content (AvgIpc) is 2.79. The summed E-state index contributed by atoms with van der Waals surface area (Å²) < 4.78 is 6.15. The van der Waals surface area contributed by atoms with Crippen LogP contribution in [0.3, 0.4) is 0 Å². The predicted octanol–water partition coefficient (Wildman–Crippen LogP) is 4.69. The highest BCUT2D eigenvalue weighted by Crippen LogP contribution is 2.38. The number of halogens is 1. The molecule has 1 aliphatic rings. The van der Waals surface area contributed by atoms with Gasteiger partial charge in [-0.05, 0) is 61.7 Å². The predicted molar refractivity (Wildman–Crippen MR) is 105 cm³/mol. The van der Waals surface area contributed by atoms with E-state index >= 15 is 0 Å². The molecule has 1 aromatic heterocycles. The van der Waals surface area contributed by atoms with E-state index in [2.05, 4.69) is 0 Å². The van der Waals surface area contributed by atoms with Crippen LogP contribution < -0.4 is 10.3 Å². The van der Waals surface area contributed by atoms with E-state index in [1.165, 1.54) is 11.8 Å². The van der Waals surface area contributed by atoms with Crippen molar-refractivity contribution in [3.63, 3.8) is 0 Å². The summed E-state index contributed by atoms with van der Waals surface area (Å²) in [5.41, 5.74) is 2.94. The van der Waals surface area contributed by atoms with Gasteiger partial charge in [-0.3, -0.25) is 19.3 Å². The molecule has 0 atom stereocenters. The molecule has 0 unspecified atom stereocenters. The van der Waals surface area contributed by atoms with Gasteiger partial charge in [0.05, 0.1) is 16.6 Å². The third-order valence-electron chi connectivity index (χ3n) is 4.85. The highest BCUT2D eigenvalue weighted by Gasteiger charge is 2.28. The molecule has 0 radical (unpaired) electrons. The molecule has 136 valence electrons. The minimum Gasteiger partial charge on any atom is -0.455 e. The molecule has 27 heavy (non-hydrogen) atoms. The number of carbonyl (C=O) groups excluding carboxylic acids is 2. The summed E-state index contributed by atoms with van der Waals surface area (Å²) in [7, 11) is 0. The van der Waals surface area contributed by atoms with Crippen molar-refractivity contribution in [1.29, 1.82) is 0 Å². The van der Waals surface area contributed by atoms with E-state index in [1.807, 2.05) is 6.92 Å². The molecule has 0 N–H and O–H groups in total. The Labute approximate surface area is 160 Å². The number of carbonyl (C=O) groups is 2. The van der Waals surface area contributed by atoms with Crippen LogP contribution in [0.25, 0.3) is 22.3 Å². The van der Waals surface area contributed by atoms with Crippen molar-refractivity contribution < 1.29 is 14.0 Å². The van der Waals surface area contributed by atoms with Crippen LogP contribution in [0.2, 0.25) is 0 Å². The van der Waals surface area contributed by atoms with Crippen molar-refractivity contribution in [2.45, 2.75) is 20.3 Å². The van der Waals surface area contributed by atoms with Crippen LogP contribution >= 0.6 is 11.6 Å². The minimum absolute atomic E-state index is 0.175. The van der Waals surface area contributed by atoms with Crippen molar-refractivity contribution in [3.8, 4) is 11.3 Å². The number of amides is 1. The fourth-order valence-electron chi connectivity index (χ4n) is 3.61. The van der Waals surface area contributed by atoms with Crippen molar-refractivity contribution in [3.05, 3.63) is 63.3 Å². The number of hydrogen-bond acceptors (Lipinski definition) is 4. The summed E-state index contributed by atoms with van der Waals surface area (Å²) in [5.74, 6) is 0.209. The first-order valence-corrected chi connectivity index (χ1v) is 8.94. The standard InChI is InChI=1S/C21H16ClNO4/c1-11-9-15(12(2)24)20-16(10-11)18(25)14-7-8-23(21(22)26)17-6-4-3-5-13(17)19(14)27-20/h3-6,9-10H,7-8H2,1-2H3. The molecule has 4 rings (SSSR count). The first-order valence-electron chi connectivity index (χ1n) is 8.56. The van der Waals surface area contributed by atoms with Gasteiger partial charge in [0.2, 0.25) is 0 Å². The maximum absolute atomic E-state index is 13.2. The van der Waals surface area contributed by atoms with Gasteiger partial charge in [0.1, 0.15) is 11.3 Å². The normalized spacial score (nSPS) is 13.1. The third-order valence-corrected chi connectivity index (χ3v) is 5.05. The Morgan fingerprint density at radius 1 is 1.19 bits per heavy atom. The van der Waals surface area contributed by atoms with E-state index in [0.717, 1.165) is 5.56 Å². The zero-order valence-electron chi connectivity index (χ0n) is 14.8. The summed E-state index contributed by atoms with van der Waals surface area (Å²) in [5, 5.41) is -0.241. The van der Waals surface area contributed by atoms with Crippen molar-refractivity contribution in [1.82, 2.24) is 0 Å². The Morgan fingerprint density at radius 2 is 1.93 bits per heavy atom. The lowest BCUT2D eigenvalue weighted by Gasteiger charge is -2.19. The van der Waals surface area contributed by atoms with Crippen LogP contribution in [0, 0.1) is 6.92 Å². The summed E-state index contributed by atoms with van der Waals surface area (Å²) in [6, 6.07) is 10.6. The van der Waals surface area contributed by atoms with Crippen LogP contribution in [0.5, 0.6) is 0 Å². The Hall–Kier alpha value is -2.92. The molecule has 3 aromatic rings. The summed E-state index contributed by atoms with van der Waals surface area (Å²) >= 11 is 5.77. The van der Waals surface area contributed by atoms with Gasteiger partial charge in [-0.15, -0.1) is 0 Å². The van der Waals surface area contributed by atoms with Crippen molar-refractivity contribution in [2.24, 2.45) is 0 Å². The highest BCUT2D eigenvalue weighted by atomic mass is 35.5. The second-order valence-corrected chi connectivity index (χ2v) is 6.98. The van der Waals surface area contributed by atoms with Crippen LogP contribution in [0.4, 0.5) is 10.5 Å². The van der Waals surface area contributed by atoms with Crippen LogP contribution in [0.1, 0.15) is 28.4 Å². The maximum atomic E-state index is 13.2. The number of Topliss-reactive ketones (excluding diaryl/α,β-unsaturated/α-hetero) is 1. The third kappa shape index (κ3) is 2.75. The fraction of sp³-hybridized carbons (Fsp3) is 0.190. The Bertz CT molecular complexity index is 1180. The number of fused-ring (bicyclic) bond motifs is 4. The molecule has 2 heterocycles. The van der Waals surface area contributed by atoms with E-state index in [4.69, 9.17) is 16.0 Å². The smallest absolute Gasteiger partial charge is 0.320 e. The van der Waals surface area contributed by atoms with Crippen molar-refractivity contribution in [2.75, 3.05) is 11.4 Å². The number of para-hydroxylation sites is 1. The topological polar surface area (TPSA) is 67.6 Å². The summed E-state index contributed by atoms with van der Waals surface area (Å²) in [6.45, 7) is 3.55. The van der Waals surface area contributed by atoms with Gasteiger partial charge in [0.25, 0.3) is 0 Å². The first kappa shape index (κ1) is 17.5. The fourth-order valence-corrected chi connectivity index (χ4v) is 3.79. The molecule has 2 aromatic carbocycles. The van der Waals surface area contributed by atoms with Crippen LogP contribution in [-0.4, -0.2) is 17.7 Å². The van der Waals surface area contributed by atoms with Gasteiger partial charge in [-0.25, -0.2) is 0 Å². The molecular formula is C21H16ClNO4. The van der Waals surface area contributed by atoms with E-state index in [1.54, 1.807) is 36.4 Å². The SMILES string of the molecule is CC(=O)c1cc(C)cc2c(=O)c3c(oc12)-c1ccccc1N(C(=O)Cl)CC3. The number of rotatable bonds is 1. The Balaban J connectivity index is 2.13. The number of benzene rings is 2. The largest absolute Gasteiger partial charge is 0.455 e. The second-order valence-electron chi connectivity index (χ2n) is 6.66. The minimum atomic E-state index is -0.618. The van der Waals surface area contributed by atoms with Gasteiger partial charge in [0.15, 0.2) is 11.2 Å². The molecule has 1 aliphatic heterocycles. The summed E-state index contributed by atoms with van der Waals surface area (Å²) in [4.78, 5) is 38.7. The number of hydrogen-bond donors (Lipinski definition) is 0. The average molecular weight is 382 g/mol. The zero-order chi connectivity index (χ0) is 19.3. The Morgan fingerprint density at radius 3 is 2.63 bits per heavy atom. The first-order chi connectivity index (χ1) is 12.9. The quantitative estimate of drug-likeness (QED) is 0.348. The number of nitrogens with zero attached hydrogens (tertiary/aromatic N) is 1. The molecule has 0 bridgehead atoms. The second kappa shape index (κ2) is 6.35. The molecule has 0 spiro atoms. The van der Waals surface area contributed by atoms with E-state index < -0.39 is 5.37 Å². The molecule has 0 aliphatic carbocycles. The molecule has 0 saturated carbocycles. The van der Waals surface area contributed by atoms with Crippen LogP contribution in [-0.2, 0) is 6.42 Å². The Kier molecular flexibility index (Phi) is 4.12. The van der Waals surface area contributed by atoms with Gasteiger partial charge >= 0.3 is 5.37 Å².